The zero-order valence-electron chi connectivity index (χ0n) is 15.7. The van der Waals surface area contributed by atoms with Crippen molar-refractivity contribution in [1.82, 2.24) is 20.3 Å². The molecule has 0 atom stereocenters. The topological polar surface area (TPSA) is 86.2 Å². The van der Waals surface area contributed by atoms with E-state index in [2.05, 4.69) is 25.0 Å². The minimum atomic E-state index is -4.76. The summed E-state index contributed by atoms with van der Waals surface area (Å²) in [6, 6.07) is 5.30. The number of amides is 1. The van der Waals surface area contributed by atoms with Crippen LogP contribution in [0.15, 0.2) is 29.8 Å². The molecular formula is C18H17F3N4O3S. The maximum Gasteiger partial charge on any atom is 0.573 e. The lowest BCUT2D eigenvalue weighted by Crippen LogP contribution is -2.32. The second-order valence-corrected chi connectivity index (χ2v) is 7.76. The standard InChI is InChI=1S/C18H17F3N4O3S/c1-17(2,3)28-16(26)22-8-12-24-13(14-15(25-12)29-9-23-14)10-4-6-11(7-5-10)27-18(19,20)21/h4-7,9H,8H2,1-3H3,(H,22,26). The minimum absolute atomic E-state index is 0.0189. The number of hydrogen-bond acceptors (Lipinski definition) is 7. The Morgan fingerprint density at radius 3 is 2.45 bits per heavy atom. The molecule has 2 aromatic heterocycles. The van der Waals surface area contributed by atoms with Gasteiger partial charge in [-0.2, -0.15) is 0 Å². The molecule has 154 valence electrons. The third kappa shape index (κ3) is 5.76. The molecule has 7 nitrogen and oxygen atoms in total. The lowest BCUT2D eigenvalue weighted by atomic mass is 10.1. The van der Waals surface area contributed by atoms with Crippen LogP contribution in [0.25, 0.3) is 21.6 Å². The molecule has 2 heterocycles. The molecule has 11 heteroatoms. The van der Waals surface area contributed by atoms with Crippen LogP contribution >= 0.6 is 11.3 Å². The number of ether oxygens (including phenoxy) is 2. The predicted octanol–water partition coefficient (Wildman–Crippen LogP) is 4.68. The minimum Gasteiger partial charge on any atom is -0.444 e. The van der Waals surface area contributed by atoms with E-state index in [1.165, 1.54) is 35.6 Å². The Hall–Kier alpha value is -2.95. The van der Waals surface area contributed by atoms with Gasteiger partial charge in [-0.15, -0.1) is 24.5 Å². The molecule has 0 radical (unpaired) electrons. The molecule has 0 unspecified atom stereocenters. The van der Waals surface area contributed by atoms with Crippen molar-refractivity contribution in [2.45, 2.75) is 39.3 Å². The van der Waals surface area contributed by atoms with Crippen LogP contribution in [0.1, 0.15) is 26.6 Å². The highest BCUT2D eigenvalue weighted by Crippen LogP contribution is 2.30. The van der Waals surface area contributed by atoms with Gasteiger partial charge in [0.15, 0.2) is 0 Å². The Morgan fingerprint density at radius 1 is 1.14 bits per heavy atom. The maximum absolute atomic E-state index is 12.3. The van der Waals surface area contributed by atoms with Gasteiger partial charge in [0.25, 0.3) is 0 Å². The van der Waals surface area contributed by atoms with E-state index in [0.717, 1.165) is 0 Å². The first kappa shape index (κ1) is 20.8. The summed E-state index contributed by atoms with van der Waals surface area (Å²) in [6.07, 6.45) is -5.38. The number of benzene rings is 1. The second-order valence-electron chi connectivity index (χ2n) is 6.92. The van der Waals surface area contributed by atoms with Gasteiger partial charge in [0, 0.05) is 5.56 Å². The molecule has 0 bridgehead atoms. The van der Waals surface area contributed by atoms with Crippen LogP contribution in [0.4, 0.5) is 18.0 Å². The van der Waals surface area contributed by atoms with Gasteiger partial charge in [0.2, 0.25) is 0 Å². The highest BCUT2D eigenvalue weighted by molar-refractivity contribution is 7.16. The number of carbonyl (C=O) groups is 1. The SMILES string of the molecule is CC(C)(C)OC(=O)NCc1nc(-c2ccc(OC(F)(F)F)cc2)c2ncsc2n1. The van der Waals surface area contributed by atoms with Crippen LogP contribution in [0.3, 0.4) is 0 Å². The van der Waals surface area contributed by atoms with Crippen molar-refractivity contribution < 1.29 is 27.4 Å². The van der Waals surface area contributed by atoms with Crippen LogP contribution in [0.5, 0.6) is 5.75 Å². The number of hydrogen-bond donors (Lipinski definition) is 1. The van der Waals surface area contributed by atoms with Gasteiger partial charge in [0.05, 0.1) is 12.1 Å². The number of aromatic nitrogens is 3. The van der Waals surface area contributed by atoms with Crippen LogP contribution in [0, 0.1) is 0 Å². The lowest BCUT2D eigenvalue weighted by Gasteiger charge is -2.19. The fraction of sp³-hybridized carbons (Fsp3) is 0.333. The molecule has 0 fully saturated rings. The van der Waals surface area contributed by atoms with E-state index in [0.29, 0.717) is 27.4 Å². The van der Waals surface area contributed by atoms with Crippen molar-refractivity contribution in [3.8, 4) is 17.0 Å². The van der Waals surface area contributed by atoms with Crippen LogP contribution in [0.2, 0.25) is 0 Å². The Morgan fingerprint density at radius 2 is 1.83 bits per heavy atom. The Bertz CT molecular complexity index is 1010. The summed E-state index contributed by atoms with van der Waals surface area (Å²) in [6.45, 7) is 5.26. The van der Waals surface area contributed by atoms with Gasteiger partial charge < -0.3 is 14.8 Å². The Balaban J connectivity index is 1.84. The summed E-state index contributed by atoms with van der Waals surface area (Å²) in [5.74, 6) is -0.0186. The van der Waals surface area contributed by atoms with Gasteiger partial charge >= 0.3 is 12.5 Å². The summed E-state index contributed by atoms with van der Waals surface area (Å²) in [4.78, 5) is 25.4. The molecule has 0 spiro atoms. The van der Waals surface area contributed by atoms with Crippen molar-refractivity contribution in [1.29, 1.82) is 0 Å². The van der Waals surface area contributed by atoms with Gasteiger partial charge in [0.1, 0.15) is 33.2 Å². The van der Waals surface area contributed by atoms with Crippen molar-refractivity contribution >= 4 is 27.8 Å². The molecule has 3 rings (SSSR count). The number of thiazole rings is 1. The normalized spacial score (nSPS) is 12.1. The van der Waals surface area contributed by atoms with Gasteiger partial charge in [-0.1, -0.05) is 0 Å². The molecule has 3 aromatic rings. The Labute approximate surface area is 167 Å². The first-order valence-corrected chi connectivity index (χ1v) is 9.31. The van der Waals surface area contributed by atoms with E-state index < -0.39 is 18.1 Å². The molecule has 1 N–H and O–H groups in total. The average Bonchev–Trinajstić information content (AvgIpc) is 3.05. The second kappa shape index (κ2) is 7.82. The molecule has 0 aliphatic heterocycles. The van der Waals surface area contributed by atoms with Gasteiger partial charge in [-0.25, -0.2) is 19.7 Å². The third-order valence-corrected chi connectivity index (χ3v) is 4.11. The third-order valence-electron chi connectivity index (χ3n) is 3.40. The molecule has 29 heavy (non-hydrogen) atoms. The fourth-order valence-electron chi connectivity index (χ4n) is 2.37. The highest BCUT2D eigenvalue weighted by atomic mass is 32.1. The van der Waals surface area contributed by atoms with Gasteiger partial charge in [-0.05, 0) is 45.0 Å². The number of nitrogens with one attached hydrogen (secondary N) is 1. The number of rotatable bonds is 4. The fourth-order valence-corrected chi connectivity index (χ4v) is 3.04. The predicted molar refractivity (Wildman–Crippen MR) is 100 cm³/mol. The zero-order chi connectivity index (χ0) is 21.2. The highest BCUT2D eigenvalue weighted by Gasteiger charge is 2.31. The average molecular weight is 426 g/mol. The summed E-state index contributed by atoms with van der Waals surface area (Å²) < 4.78 is 46.1. The molecule has 0 aliphatic carbocycles. The molecular weight excluding hydrogens is 409 g/mol. The number of nitrogens with zero attached hydrogens (tertiary/aromatic N) is 3. The summed E-state index contributed by atoms with van der Waals surface area (Å²) in [7, 11) is 0. The van der Waals surface area contributed by atoms with E-state index in [1.807, 2.05) is 0 Å². The molecule has 0 saturated carbocycles. The molecule has 1 amide bonds. The van der Waals surface area contributed by atoms with Crippen molar-refractivity contribution in [3.05, 3.63) is 35.6 Å². The van der Waals surface area contributed by atoms with Crippen LogP contribution in [-0.2, 0) is 11.3 Å². The monoisotopic (exact) mass is 426 g/mol. The van der Waals surface area contributed by atoms with E-state index in [-0.39, 0.29) is 12.3 Å². The van der Waals surface area contributed by atoms with E-state index in [9.17, 15) is 18.0 Å². The number of fused-ring (bicyclic) bond motifs is 1. The first-order valence-electron chi connectivity index (χ1n) is 8.43. The summed E-state index contributed by atoms with van der Waals surface area (Å²) >= 11 is 1.29. The maximum atomic E-state index is 12.3. The van der Waals surface area contributed by atoms with E-state index in [4.69, 9.17) is 4.74 Å². The quantitative estimate of drug-likeness (QED) is 0.652. The van der Waals surface area contributed by atoms with Crippen molar-refractivity contribution in [3.63, 3.8) is 0 Å². The van der Waals surface area contributed by atoms with Crippen molar-refractivity contribution in [2.24, 2.45) is 0 Å². The molecule has 0 saturated heterocycles. The number of carbonyl (C=O) groups excluding carboxylic acids is 1. The van der Waals surface area contributed by atoms with Crippen LogP contribution in [-0.4, -0.2) is 33.0 Å². The number of halogens is 3. The van der Waals surface area contributed by atoms with Crippen LogP contribution < -0.4 is 10.1 Å². The molecule has 0 aliphatic rings. The summed E-state index contributed by atoms with van der Waals surface area (Å²) in [5.41, 5.74) is 2.44. The van der Waals surface area contributed by atoms with E-state index >= 15 is 0 Å². The van der Waals surface area contributed by atoms with Crippen molar-refractivity contribution in [2.75, 3.05) is 0 Å². The lowest BCUT2D eigenvalue weighted by molar-refractivity contribution is -0.274. The smallest absolute Gasteiger partial charge is 0.444 e. The first-order chi connectivity index (χ1) is 13.5. The largest absolute Gasteiger partial charge is 0.573 e. The zero-order valence-corrected chi connectivity index (χ0v) is 16.5. The van der Waals surface area contributed by atoms with E-state index in [1.54, 1.807) is 26.3 Å². The number of alkyl carbamates (subject to hydrolysis) is 1. The summed E-state index contributed by atoms with van der Waals surface area (Å²) in [5, 5.41) is 2.58. The van der Waals surface area contributed by atoms with Gasteiger partial charge in [-0.3, -0.25) is 0 Å². The Kier molecular flexibility index (Phi) is 5.60. The number of alkyl halides is 3. The molecule has 1 aromatic carbocycles.